The van der Waals surface area contributed by atoms with Gasteiger partial charge in [-0.15, -0.1) is 0 Å². The summed E-state index contributed by atoms with van der Waals surface area (Å²) >= 11 is 5.91. The zero-order valence-electron chi connectivity index (χ0n) is 14.1. The minimum absolute atomic E-state index is 0.00128. The number of nitrogens with zero attached hydrogens (tertiary/aromatic N) is 2. The van der Waals surface area contributed by atoms with E-state index in [1.165, 1.54) is 24.4 Å². The van der Waals surface area contributed by atoms with Crippen molar-refractivity contribution in [2.45, 2.75) is 11.8 Å². The predicted octanol–water partition coefficient (Wildman–Crippen LogP) is 3.17. The number of rotatable bonds is 4. The van der Waals surface area contributed by atoms with Crippen LogP contribution in [0.1, 0.15) is 16.1 Å². The summed E-state index contributed by atoms with van der Waals surface area (Å²) in [7, 11) is -2.35. The topological polar surface area (TPSA) is 81.1 Å². The first-order valence-corrected chi connectivity index (χ1v) is 9.57. The van der Waals surface area contributed by atoms with Crippen molar-refractivity contribution in [1.29, 1.82) is 0 Å². The lowest BCUT2D eigenvalue weighted by Crippen LogP contribution is -2.31. The number of aromatic nitrogens is 2. The monoisotopic (exact) mass is 389 g/mol. The second-order valence-electron chi connectivity index (χ2n) is 5.74. The molecule has 1 N–H and O–H groups in total. The van der Waals surface area contributed by atoms with Crippen molar-refractivity contribution < 1.29 is 13.2 Å². The molecule has 1 heterocycles. The smallest absolute Gasteiger partial charge is 0.285 e. The summed E-state index contributed by atoms with van der Waals surface area (Å²) in [5.74, 6) is -0.247. The lowest BCUT2D eigenvalue weighted by Gasteiger charge is -2.06. The van der Waals surface area contributed by atoms with Crippen LogP contribution in [-0.4, -0.2) is 23.9 Å². The van der Waals surface area contributed by atoms with Crippen molar-refractivity contribution >= 4 is 27.5 Å². The maximum atomic E-state index is 12.4. The van der Waals surface area contributed by atoms with Gasteiger partial charge in [0.1, 0.15) is 16.4 Å². The molecule has 1 amide bonds. The summed E-state index contributed by atoms with van der Waals surface area (Å²) in [5, 5.41) is 0.0365. The van der Waals surface area contributed by atoms with Gasteiger partial charge in [-0.2, -0.15) is 0 Å². The van der Waals surface area contributed by atoms with Gasteiger partial charge in [-0.3, -0.25) is 4.79 Å². The molecule has 3 aromatic rings. The molecule has 6 nitrogen and oxygen atoms in total. The highest BCUT2D eigenvalue weighted by molar-refractivity contribution is 7.90. The molecule has 8 heteroatoms. The summed E-state index contributed by atoms with van der Waals surface area (Å²) in [4.78, 5) is 16.6. The van der Waals surface area contributed by atoms with E-state index in [9.17, 15) is 13.2 Å². The number of sulfonamides is 1. The second kappa shape index (κ2) is 6.93. The summed E-state index contributed by atoms with van der Waals surface area (Å²) in [6.07, 6.45) is 1.49. The average Bonchev–Trinajstić information content (AvgIpc) is 2.97. The Balaban J connectivity index is 1.91. The van der Waals surface area contributed by atoms with E-state index in [0.717, 1.165) is 11.1 Å². The van der Waals surface area contributed by atoms with Crippen molar-refractivity contribution in [2.75, 3.05) is 0 Å². The van der Waals surface area contributed by atoms with E-state index in [2.05, 4.69) is 4.98 Å². The summed E-state index contributed by atoms with van der Waals surface area (Å²) in [6, 6.07) is 13.5. The van der Waals surface area contributed by atoms with Gasteiger partial charge in [-0.1, -0.05) is 48.0 Å². The Labute approximate surface area is 156 Å². The van der Waals surface area contributed by atoms with Gasteiger partial charge in [-0.05, 0) is 24.6 Å². The van der Waals surface area contributed by atoms with E-state index in [1.807, 2.05) is 35.9 Å². The van der Waals surface area contributed by atoms with Crippen molar-refractivity contribution in [2.24, 2.45) is 7.05 Å². The van der Waals surface area contributed by atoms with Gasteiger partial charge in [0.15, 0.2) is 0 Å². The van der Waals surface area contributed by atoms with E-state index in [-0.39, 0.29) is 15.6 Å². The van der Waals surface area contributed by atoms with Crippen molar-refractivity contribution in [1.82, 2.24) is 14.3 Å². The highest BCUT2D eigenvalue weighted by atomic mass is 35.5. The standard InChI is InChI=1S/C18H16ClN3O3S/c1-12-7-3-4-8-13(12)17-20-15(11-22(17)2)18(23)21-26(24,25)16-10-6-5-9-14(16)19/h3-11H,1-2H3,(H,21,23). The number of nitrogens with one attached hydrogen (secondary N) is 1. The van der Waals surface area contributed by atoms with Crippen molar-refractivity contribution in [3.63, 3.8) is 0 Å². The first kappa shape index (κ1) is 18.2. The van der Waals surface area contributed by atoms with Gasteiger partial charge >= 0.3 is 0 Å². The van der Waals surface area contributed by atoms with E-state index in [0.29, 0.717) is 5.82 Å². The quantitative estimate of drug-likeness (QED) is 0.743. The van der Waals surface area contributed by atoms with Gasteiger partial charge in [0.05, 0.1) is 5.02 Å². The van der Waals surface area contributed by atoms with Gasteiger partial charge < -0.3 is 4.57 Å². The van der Waals surface area contributed by atoms with Gasteiger partial charge in [-0.25, -0.2) is 18.1 Å². The fourth-order valence-electron chi connectivity index (χ4n) is 2.54. The SMILES string of the molecule is Cc1ccccc1-c1nc(C(=O)NS(=O)(=O)c2ccccc2Cl)cn1C. The van der Waals surface area contributed by atoms with Crippen LogP contribution in [0.4, 0.5) is 0 Å². The van der Waals surface area contributed by atoms with E-state index < -0.39 is 15.9 Å². The van der Waals surface area contributed by atoms with E-state index in [4.69, 9.17) is 11.6 Å². The Morgan fingerprint density at radius 2 is 1.77 bits per heavy atom. The molecule has 26 heavy (non-hydrogen) atoms. The molecule has 0 spiro atoms. The van der Waals surface area contributed by atoms with Gasteiger partial charge in [0.2, 0.25) is 0 Å². The molecule has 0 saturated carbocycles. The number of halogens is 1. The van der Waals surface area contributed by atoms with Crippen LogP contribution in [0.3, 0.4) is 0 Å². The highest BCUT2D eigenvalue weighted by Gasteiger charge is 2.23. The van der Waals surface area contributed by atoms with E-state index in [1.54, 1.807) is 17.7 Å². The van der Waals surface area contributed by atoms with Gasteiger partial charge in [0.25, 0.3) is 15.9 Å². The number of carbonyl (C=O) groups is 1. The molecule has 0 atom stereocenters. The fourth-order valence-corrected chi connectivity index (χ4v) is 4.02. The predicted molar refractivity (Wildman–Crippen MR) is 99.5 cm³/mol. The molecule has 0 radical (unpaired) electrons. The van der Waals surface area contributed by atoms with Crippen LogP contribution < -0.4 is 4.72 Å². The lowest BCUT2D eigenvalue weighted by atomic mass is 10.1. The first-order chi connectivity index (χ1) is 12.3. The molecule has 0 unspecified atom stereocenters. The van der Waals surface area contributed by atoms with Crippen LogP contribution in [0.15, 0.2) is 59.6 Å². The Hall–Kier alpha value is -2.64. The molecule has 0 fully saturated rings. The van der Waals surface area contributed by atoms with Crippen LogP contribution in [0.2, 0.25) is 5.02 Å². The summed E-state index contributed by atoms with van der Waals surface area (Å²) < 4.78 is 28.5. The molecule has 0 bridgehead atoms. The number of benzene rings is 2. The molecule has 1 aromatic heterocycles. The number of amides is 1. The number of carbonyl (C=O) groups excluding carboxylic acids is 1. The zero-order valence-corrected chi connectivity index (χ0v) is 15.7. The maximum Gasteiger partial charge on any atom is 0.285 e. The molecule has 134 valence electrons. The molecule has 0 aliphatic heterocycles. The van der Waals surface area contributed by atoms with Gasteiger partial charge in [0, 0.05) is 18.8 Å². The molecule has 0 aliphatic rings. The third-order valence-electron chi connectivity index (χ3n) is 3.85. The van der Waals surface area contributed by atoms with Crippen molar-refractivity contribution in [3.05, 3.63) is 71.0 Å². The van der Waals surface area contributed by atoms with Crippen LogP contribution >= 0.6 is 11.6 Å². The largest absolute Gasteiger partial charge is 0.333 e. The van der Waals surface area contributed by atoms with Crippen LogP contribution in [0, 0.1) is 6.92 Å². The third-order valence-corrected chi connectivity index (χ3v) is 5.68. The second-order valence-corrected chi connectivity index (χ2v) is 7.80. The number of hydrogen-bond acceptors (Lipinski definition) is 4. The molecule has 2 aromatic carbocycles. The Morgan fingerprint density at radius 3 is 2.46 bits per heavy atom. The first-order valence-electron chi connectivity index (χ1n) is 7.70. The Kier molecular flexibility index (Phi) is 4.84. The Bertz CT molecular complexity index is 1090. The molecule has 3 rings (SSSR count). The molecule has 0 saturated heterocycles. The van der Waals surface area contributed by atoms with Crippen molar-refractivity contribution in [3.8, 4) is 11.4 Å². The Morgan fingerprint density at radius 1 is 1.12 bits per heavy atom. The molecular weight excluding hydrogens is 374 g/mol. The van der Waals surface area contributed by atoms with Crippen LogP contribution in [-0.2, 0) is 17.1 Å². The summed E-state index contributed by atoms with van der Waals surface area (Å²) in [5.41, 5.74) is 1.86. The maximum absolute atomic E-state index is 12.4. The molecule has 0 aliphatic carbocycles. The minimum atomic E-state index is -4.10. The zero-order chi connectivity index (χ0) is 18.9. The van der Waals surface area contributed by atoms with Crippen LogP contribution in [0.25, 0.3) is 11.4 Å². The lowest BCUT2D eigenvalue weighted by molar-refractivity contribution is 0.0977. The molecular formula is C18H16ClN3O3S. The average molecular weight is 390 g/mol. The number of imidazole rings is 1. The third kappa shape index (κ3) is 3.49. The van der Waals surface area contributed by atoms with E-state index >= 15 is 0 Å². The normalized spacial score (nSPS) is 11.3. The number of hydrogen-bond donors (Lipinski definition) is 1. The number of aryl methyl sites for hydroxylation is 2. The van der Waals surface area contributed by atoms with Crippen LogP contribution in [0.5, 0.6) is 0 Å². The highest BCUT2D eigenvalue weighted by Crippen LogP contribution is 2.23. The summed E-state index contributed by atoms with van der Waals surface area (Å²) in [6.45, 7) is 1.94. The fraction of sp³-hybridized carbons (Fsp3) is 0.111. The minimum Gasteiger partial charge on any atom is -0.333 e.